The first-order valence-corrected chi connectivity index (χ1v) is 11.0. The molecule has 2 N–H and O–H groups in total. The molecule has 3 aliphatic rings. The summed E-state index contributed by atoms with van der Waals surface area (Å²) in [6, 6.07) is -0.559. The smallest absolute Gasteiger partial charge is 0.322 e. The van der Waals surface area contributed by atoms with Crippen molar-refractivity contribution in [3.8, 4) is 0 Å². The Balaban J connectivity index is 1.43. The average Bonchev–Trinajstić information content (AvgIpc) is 3.45. The second kappa shape index (κ2) is 6.48. The van der Waals surface area contributed by atoms with Gasteiger partial charge in [-0.15, -0.1) is 11.3 Å². The number of hydrazine groups is 1. The van der Waals surface area contributed by atoms with E-state index >= 15 is 0 Å². The number of fused-ring (bicyclic) bond motifs is 1. The topological polar surface area (TPSA) is 104 Å². The number of hydrogen-bond acceptors (Lipinski definition) is 6. The van der Waals surface area contributed by atoms with Gasteiger partial charge in [-0.25, -0.2) is 14.8 Å². The molecule has 2 aromatic rings. The lowest BCUT2D eigenvalue weighted by molar-refractivity contribution is -0.134. The molecule has 3 fully saturated rings. The number of nitrogens with one attached hydrogen (secondary N) is 2. The van der Waals surface area contributed by atoms with E-state index in [1.807, 2.05) is 13.8 Å². The predicted molar refractivity (Wildman–Crippen MR) is 108 cm³/mol. The van der Waals surface area contributed by atoms with E-state index in [9.17, 15) is 14.4 Å². The van der Waals surface area contributed by atoms with Gasteiger partial charge in [-0.3, -0.25) is 15.0 Å². The van der Waals surface area contributed by atoms with Gasteiger partial charge in [0, 0.05) is 11.3 Å². The maximum Gasteiger partial charge on any atom is 0.344 e. The highest BCUT2D eigenvalue weighted by atomic mass is 32.1. The minimum Gasteiger partial charge on any atom is -0.322 e. The summed E-state index contributed by atoms with van der Waals surface area (Å²) in [6.45, 7) is 3.79. The zero-order chi connectivity index (χ0) is 20.3. The number of aromatic nitrogens is 2. The summed E-state index contributed by atoms with van der Waals surface area (Å²) < 4.78 is 0. The zero-order valence-corrected chi connectivity index (χ0v) is 17.3. The third-order valence-corrected chi connectivity index (χ3v) is 7.40. The molecule has 29 heavy (non-hydrogen) atoms. The van der Waals surface area contributed by atoms with Crippen molar-refractivity contribution in [2.75, 3.05) is 0 Å². The molecule has 1 saturated heterocycles. The number of aryl methyl sites for hydroxylation is 2. The first-order chi connectivity index (χ1) is 13.9. The average molecular weight is 414 g/mol. The molecule has 2 aromatic heterocycles. The van der Waals surface area contributed by atoms with Gasteiger partial charge in [-0.05, 0) is 45.1 Å². The summed E-state index contributed by atoms with van der Waals surface area (Å²) >= 11 is 1.29. The summed E-state index contributed by atoms with van der Waals surface area (Å²) in [4.78, 5) is 48.8. The second-order valence-corrected chi connectivity index (χ2v) is 9.33. The van der Waals surface area contributed by atoms with Crippen LogP contribution in [-0.2, 0) is 4.79 Å². The lowest BCUT2D eigenvalue weighted by Gasteiger charge is -2.30. The Bertz CT molecular complexity index is 1050. The van der Waals surface area contributed by atoms with Crippen LogP contribution in [0.3, 0.4) is 0 Å². The van der Waals surface area contributed by atoms with Crippen LogP contribution in [0.4, 0.5) is 4.79 Å². The molecule has 0 radical (unpaired) electrons. The van der Waals surface area contributed by atoms with Crippen molar-refractivity contribution in [1.82, 2.24) is 25.7 Å². The van der Waals surface area contributed by atoms with E-state index in [1.165, 1.54) is 11.3 Å². The van der Waals surface area contributed by atoms with E-state index in [-0.39, 0.29) is 5.91 Å². The molecule has 5 rings (SSSR count). The monoisotopic (exact) mass is 413 g/mol. The minimum atomic E-state index is -0.862. The molecule has 0 bridgehead atoms. The molecular formula is C20H23N5O3S. The van der Waals surface area contributed by atoms with Gasteiger partial charge in [0.25, 0.3) is 11.8 Å². The maximum atomic E-state index is 13.0. The van der Waals surface area contributed by atoms with Crippen molar-refractivity contribution in [3.05, 3.63) is 22.0 Å². The largest absolute Gasteiger partial charge is 0.344 e. The molecule has 2 saturated carbocycles. The Morgan fingerprint density at radius 3 is 2.59 bits per heavy atom. The Hall–Kier alpha value is -2.55. The highest BCUT2D eigenvalue weighted by Gasteiger charge is 2.52. The fraction of sp³-hybridized carbons (Fsp3) is 0.550. The van der Waals surface area contributed by atoms with Crippen molar-refractivity contribution in [2.24, 2.45) is 0 Å². The van der Waals surface area contributed by atoms with Crippen LogP contribution in [0, 0.1) is 13.8 Å². The van der Waals surface area contributed by atoms with Crippen molar-refractivity contribution in [1.29, 1.82) is 0 Å². The van der Waals surface area contributed by atoms with Gasteiger partial charge in [0.15, 0.2) is 0 Å². The van der Waals surface area contributed by atoms with E-state index in [0.29, 0.717) is 23.6 Å². The molecule has 3 heterocycles. The van der Waals surface area contributed by atoms with Crippen molar-refractivity contribution < 1.29 is 14.4 Å². The fourth-order valence-corrected chi connectivity index (χ4v) is 5.60. The zero-order valence-electron chi connectivity index (χ0n) is 16.5. The summed E-state index contributed by atoms with van der Waals surface area (Å²) in [5.41, 5.74) is 3.31. The van der Waals surface area contributed by atoms with Crippen molar-refractivity contribution >= 4 is 39.4 Å². The minimum absolute atomic E-state index is 0.360. The molecule has 1 aliphatic heterocycles. The summed E-state index contributed by atoms with van der Waals surface area (Å²) in [6.07, 6.45) is 6.29. The number of nitrogens with zero attached hydrogens (tertiary/aromatic N) is 3. The summed E-state index contributed by atoms with van der Waals surface area (Å²) in [5, 5.41) is 4.54. The molecule has 0 aromatic carbocycles. The Kier molecular flexibility index (Phi) is 4.13. The Morgan fingerprint density at radius 1 is 1.17 bits per heavy atom. The molecule has 0 unspecified atom stereocenters. The highest BCUT2D eigenvalue weighted by molar-refractivity contribution is 7.20. The van der Waals surface area contributed by atoms with Crippen LogP contribution in [0.2, 0.25) is 0 Å². The highest BCUT2D eigenvalue weighted by Crippen LogP contribution is 2.40. The van der Waals surface area contributed by atoms with E-state index < -0.39 is 17.5 Å². The quantitative estimate of drug-likeness (QED) is 0.753. The van der Waals surface area contributed by atoms with Gasteiger partial charge >= 0.3 is 6.03 Å². The second-order valence-electron chi connectivity index (χ2n) is 8.33. The third-order valence-electron chi connectivity index (χ3n) is 6.22. The van der Waals surface area contributed by atoms with Gasteiger partial charge < -0.3 is 5.32 Å². The van der Waals surface area contributed by atoms with Crippen LogP contribution < -0.4 is 10.7 Å². The number of rotatable bonds is 3. The molecular weight excluding hydrogens is 390 g/mol. The Morgan fingerprint density at radius 2 is 1.90 bits per heavy atom. The maximum absolute atomic E-state index is 13.0. The molecule has 4 amide bonds. The molecule has 152 valence electrons. The molecule has 1 spiro atoms. The lowest BCUT2D eigenvalue weighted by Crippen LogP contribution is -2.50. The number of carbonyl (C=O) groups excluding carboxylic acids is 3. The molecule has 9 heteroatoms. The molecule has 8 nitrogen and oxygen atoms in total. The summed E-state index contributed by atoms with van der Waals surface area (Å²) in [7, 11) is 0. The fourth-order valence-electron chi connectivity index (χ4n) is 4.47. The standard InChI is InChI=1S/C20H23N5O3S/c1-10-13-11(2)21-15(12-6-7-12)22-17(13)29-14(10)16(26)24-25-18(27)20(23-19(25)28)8-4-3-5-9-20/h12H,3-9H2,1-2H3,(H,23,28)(H,24,26). The number of imide groups is 1. The number of urea groups is 1. The normalized spacial score (nSPS) is 21.1. The Labute approximate surface area is 172 Å². The number of amides is 4. The van der Waals surface area contributed by atoms with Crippen LogP contribution in [0.15, 0.2) is 0 Å². The van der Waals surface area contributed by atoms with Crippen LogP contribution in [0.1, 0.15) is 77.6 Å². The predicted octanol–water partition coefficient (Wildman–Crippen LogP) is 3.09. The SMILES string of the molecule is Cc1nc(C2CC2)nc2sc(C(=O)NN3C(=O)NC4(CCCCC4)C3=O)c(C)c12. The van der Waals surface area contributed by atoms with Crippen molar-refractivity contribution in [3.63, 3.8) is 0 Å². The van der Waals surface area contributed by atoms with Crippen molar-refractivity contribution in [2.45, 2.75) is 70.3 Å². The number of carbonyl (C=O) groups is 3. The number of thiophene rings is 1. The van der Waals surface area contributed by atoms with Gasteiger partial charge in [0.2, 0.25) is 0 Å². The van der Waals surface area contributed by atoms with E-state index in [4.69, 9.17) is 0 Å². The van der Waals surface area contributed by atoms with Gasteiger partial charge in [0.1, 0.15) is 16.2 Å². The first kappa shape index (κ1) is 18.5. The van der Waals surface area contributed by atoms with Crippen LogP contribution >= 0.6 is 11.3 Å². The lowest BCUT2D eigenvalue weighted by atomic mass is 9.82. The van der Waals surface area contributed by atoms with Gasteiger partial charge in [0.05, 0.1) is 10.6 Å². The van der Waals surface area contributed by atoms with E-state index in [1.54, 1.807) is 0 Å². The summed E-state index contributed by atoms with van der Waals surface area (Å²) in [5.74, 6) is 0.447. The number of hydrogen-bond donors (Lipinski definition) is 2. The van der Waals surface area contributed by atoms with E-state index in [0.717, 1.165) is 64.4 Å². The van der Waals surface area contributed by atoms with Gasteiger partial charge in [-0.1, -0.05) is 19.3 Å². The first-order valence-electron chi connectivity index (χ1n) is 10.1. The van der Waals surface area contributed by atoms with Crippen LogP contribution in [0.25, 0.3) is 10.2 Å². The molecule has 2 aliphatic carbocycles. The third kappa shape index (κ3) is 2.90. The van der Waals surface area contributed by atoms with Gasteiger partial charge in [-0.2, -0.15) is 5.01 Å². The van der Waals surface area contributed by atoms with Crippen LogP contribution in [0.5, 0.6) is 0 Å². The van der Waals surface area contributed by atoms with Crippen LogP contribution in [-0.4, -0.2) is 38.4 Å². The van der Waals surface area contributed by atoms with E-state index in [2.05, 4.69) is 20.7 Å². The molecule has 0 atom stereocenters.